The summed E-state index contributed by atoms with van der Waals surface area (Å²) in [4.78, 5) is 26.2. The van der Waals surface area contributed by atoms with Crippen LogP contribution >= 0.6 is 0 Å². The molecule has 1 saturated heterocycles. The summed E-state index contributed by atoms with van der Waals surface area (Å²) in [6, 6.07) is 13.8. The molecule has 0 radical (unpaired) electrons. The smallest absolute Gasteiger partial charge is 0.253 e. The lowest BCUT2D eigenvalue weighted by molar-refractivity contribution is 0.0711. The average Bonchev–Trinajstić information content (AvgIpc) is 2.77. The molecule has 2 amide bonds. The molecule has 0 spiro atoms. The molecule has 1 aliphatic heterocycles. The predicted octanol–water partition coefficient (Wildman–Crippen LogP) is 2.30. The molecule has 2 aromatic carbocycles. The van der Waals surface area contributed by atoms with Gasteiger partial charge in [0.25, 0.3) is 11.8 Å². The quantitative estimate of drug-likeness (QED) is 0.596. The van der Waals surface area contributed by atoms with Crippen LogP contribution in [0.2, 0.25) is 0 Å². The number of ether oxygens (including phenoxy) is 1. The first-order chi connectivity index (χ1) is 15.3. The van der Waals surface area contributed by atoms with Crippen molar-refractivity contribution in [3.05, 3.63) is 65.2 Å². The van der Waals surface area contributed by atoms with Crippen LogP contribution in [0, 0.1) is 0 Å². The first-order valence-electron chi connectivity index (χ1n) is 10.7. The summed E-state index contributed by atoms with van der Waals surface area (Å²) >= 11 is 0. The minimum atomic E-state index is -3.26. The number of nitrogens with zero attached hydrogens (tertiary/aromatic N) is 1. The van der Waals surface area contributed by atoms with Crippen LogP contribution in [-0.4, -0.2) is 50.0 Å². The minimum Gasteiger partial charge on any atom is -0.488 e. The third kappa shape index (κ3) is 6.30. The Morgan fingerprint density at radius 1 is 1.12 bits per heavy atom. The Labute approximate surface area is 188 Å². The number of hydrogen-bond donors (Lipinski definition) is 2. The molecule has 2 aromatic rings. The molecule has 0 saturated carbocycles. The van der Waals surface area contributed by atoms with Gasteiger partial charge in [-0.15, -0.1) is 0 Å². The highest BCUT2D eigenvalue weighted by Gasteiger charge is 2.26. The third-order valence-corrected chi connectivity index (χ3v) is 6.96. The molecule has 172 valence electrons. The summed E-state index contributed by atoms with van der Waals surface area (Å²) in [6.07, 6.45) is 1.74. The Bertz CT molecular complexity index is 1060. The molecule has 9 heteroatoms. The second-order valence-electron chi connectivity index (χ2n) is 7.85. The van der Waals surface area contributed by atoms with E-state index in [1.165, 1.54) is 0 Å². The number of likely N-dealkylation sites (tertiary alicyclic amines) is 1. The zero-order valence-electron chi connectivity index (χ0n) is 18.1. The minimum absolute atomic E-state index is 0.0979. The van der Waals surface area contributed by atoms with Crippen LogP contribution in [0.3, 0.4) is 0 Å². The molecule has 1 heterocycles. The average molecular weight is 460 g/mol. The number of rotatable bonds is 9. The largest absolute Gasteiger partial charge is 0.488 e. The maximum absolute atomic E-state index is 12.9. The molecule has 0 aliphatic carbocycles. The van der Waals surface area contributed by atoms with E-state index in [4.69, 9.17) is 10.5 Å². The zero-order valence-corrected chi connectivity index (χ0v) is 18.9. The molecule has 1 fully saturated rings. The van der Waals surface area contributed by atoms with Gasteiger partial charge in [0.15, 0.2) is 0 Å². The highest BCUT2D eigenvalue weighted by atomic mass is 32.2. The topological polar surface area (TPSA) is 119 Å². The van der Waals surface area contributed by atoms with Crippen molar-refractivity contribution in [3.8, 4) is 5.75 Å². The van der Waals surface area contributed by atoms with E-state index < -0.39 is 15.9 Å². The Balaban J connectivity index is 1.59. The normalized spacial score (nSPS) is 14.8. The fourth-order valence-electron chi connectivity index (χ4n) is 3.72. The number of carbonyl (C=O) groups is 2. The van der Waals surface area contributed by atoms with Gasteiger partial charge >= 0.3 is 0 Å². The van der Waals surface area contributed by atoms with Gasteiger partial charge < -0.3 is 15.4 Å². The van der Waals surface area contributed by atoms with Crippen molar-refractivity contribution in [2.24, 2.45) is 5.73 Å². The summed E-state index contributed by atoms with van der Waals surface area (Å²) in [6.45, 7) is 3.00. The van der Waals surface area contributed by atoms with E-state index in [0.29, 0.717) is 49.2 Å². The molecule has 0 aromatic heterocycles. The lowest BCUT2D eigenvalue weighted by Crippen LogP contribution is -2.47. The molecular formula is C23H29N3O5S. The second kappa shape index (κ2) is 10.6. The van der Waals surface area contributed by atoms with Crippen LogP contribution < -0.4 is 15.2 Å². The van der Waals surface area contributed by atoms with Crippen LogP contribution in [0.25, 0.3) is 0 Å². The van der Waals surface area contributed by atoms with Gasteiger partial charge in [0.1, 0.15) is 12.4 Å². The second-order valence-corrected chi connectivity index (χ2v) is 9.73. The summed E-state index contributed by atoms with van der Waals surface area (Å²) in [5, 5.41) is 0. The number of carbonyl (C=O) groups excluding carboxylic acids is 2. The highest BCUT2D eigenvalue weighted by Crippen LogP contribution is 2.20. The fraction of sp³-hybridized carbons (Fsp3) is 0.391. The van der Waals surface area contributed by atoms with E-state index in [0.717, 1.165) is 5.56 Å². The number of amides is 2. The Morgan fingerprint density at radius 2 is 1.84 bits per heavy atom. The molecule has 0 bridgehead atoms. The summed E-state index contributed by atoms with van der Waals surface area (Å²) in [5.74, 6) is -0.154. The van der Waals surface area contributed by atoms with E-state index in [-0.39, 0.29) is 24.3 Å². The van der Waals surface area contributed by atoms with Crippen LogP contribution in [0.4, 0.5) is 0 Å². The first kappa shape index (κ1) is 23.7. The van der Waals surface area contributed by atoms with Gasteiger partial charge in [-0.05, 0) is 49.1 Å². The number of nitrogens with two attached hydrogens (primary N) is 1. The number of benzene rings is 2. The van der Waals surface area contributed by atoms with E-state index in [1.807, 2.05) is 13.0 Å². The van der Waals surface area contributed by atoms with Gasteiger partial charge in [-0.1, -0.05) is 31.2 Å². The van der Waals surface area contributed by atoms with Crippen LogP contribution in [0.5, 0.6) is 5.75 Å². The number of piperidine rings is 1. The van der Waals surface area contributed by atoms with Gasteiger partial charge in [-0.3, -0.25) is 9.59 Å². The highest BCUT2D eigenvalue weighted by molar-refractivity contribution is 7.89. The standard InChI is InChI=1S/C23H29N3O5S/c1-2-14-32(29,30)25-19-10-12-26(13-11-19)23(28)18-7-5-6-17(15-18)16-31-21-9-4-3-8-20(21)22(24)27/h3-9,15,19,25H,2,10-14,16H2,1H3,(H2,24,27). The lowest BCUT2D eigenvalue weighted by Gasteiger charge is -2.32. The summed E-state index contributed by atoms with van der Waals surface area (Å²) in [5.41, 5.74) is 7.01. The van der Waals surface area contributed by atoms with Crippen molar-refractivity contribution < 1.29 is 22.7 Å². The van der Waals surface area contributed by atoms with Crippen molar-refractivity contribution in [2.75, 3.05) is 18.8 Å². The van der Waals surface area contributed by atoms with Crippen molar-refractivity contribution in [2.45, 2.75) is 38.8 Å². The zero-order chi connectivity index (χ0) is 23.1. The van der Waals surface area contributed by atoms with E-state index in [1.54, 1.807) is 47.4 Å². The number of primary amides is 1. The third-order valence-electron chi connectivity index (χ3n) is 5.32. The molecule has 32 heavy (non-hydrogen) atoms. The van der Waals surface area contributed by atoms with Gasteiger partial charge in [-0.2, -0.15) is 0 Å². The number of nitrogens with one attached hydrogen (secondary N) is 1. The lowest BCUT2D eigenvalue weighted by atomic mass is 10.0. The van der Waals surface area contributed by atoms with Crippen molar-refractivity contribution in [1.82, 2.24) is 9.62 Å². The predicted molar refractivity (Wildman–Crippen MR) is 122 cm³/mol. The number of hydrogen-bond acceptors (Lipinski definition) is 5. The maximum atomic E-state index is 12.9. The molecule has 0 atom stereocenters. The molecule has 0 unspecified atom stereocenters. The van der Waals surface area contributed by atoms with E-state index in [9.17, 15) is 18.0 Å². The van der Waals surface area contributed by atoms with Crippen LogP contribution in [0.1, 0.15) is 52.5 Å². The first-order valence-corrected chi connectivity index (χ1v) is 12.3. The van der Waals surface area contributed by atoms with Gasteiger partial charge in [0.2, 0.25) is 10.0 Å². The summed E-state index contributed by atoms with van der Waals surface area (Å²) in [7, 11) is -3.26. The van der Waals surface area contributed by atoms with Gasteiger partial charge in [0.05, 0.1) is 11.3 Å². The number of para-hydroxylation sites is 1. The van der Waals surface area contributed by atoms with Crippen molar-refractivity contribution in [1.29, 1.82) is 0 Å². The van der Waals surface area contributed by atoms with Crippen LogP contribution in [-0.2, 0) is 16.6 Å². The Kier molecular flexibility index (Phi) is 7.87. The van der Waals surface area contributed by atoms with Gasteiger partial charge in [-0.25, -0.2) is 13.1 Å². The van der Waals surface area contributed by atoms with E-state index in [2.05, 4.69) is 4.72 Å². The Morgan fingerprint density at radius 3 is 2.53 bits per heavy atom. The van der Waals surface area contributed by atoms with Crippen molar-refractivity contribution in [3.63, 3.8) is 0 Å². The van der Waals surface area contributed by atoms with E-state index >= 15 is 0 Å². The molecular weight excluding hydrogens is 430 g/mol. The SMILES string of the molecule is CCCS(=O)(=O)NC1CCN(C(=O)c2cccc(COc3ccccc3C(N)=O)c2)CC1. The molecule has 1 aliphatic rings. The van der Waals surface area contributed by atoms with Crippen molar-refractivity contribution >= 4 is 21.8 Å². The van der Waals surface area contributed by atoms with Crippen LogP contribution in [0.15, 0.2) is 48.5 Å². The Hall–Kier alpha value is -2.91. The monoisotopic (exact) mass is 459 g/mol. The molecule has 8 nitrogen and oxygen atoms in total. The molecule has 3 N–H and O–H groups in total. The maximum Gasteiger partial charge on any atom is 0.253 e. The number of sulfonamides is 1. The summed E-state index contributed by atoms with van der Waals surface area (Å²) < 4.78 is 32.4. The fourth-order valence-corrected chi connectivity index (χ4v) is 5.11. The molecule has 3 rings (SSSR count). The van der Waals surface area contributed by atoms with Gasteiger partial charge in [0, 0.05) is 24.7 Å².